The van der Waals surface area contributed by atoms with E-state index in [9.17, 15) is 9.18 Å². The molecular weight excluding hydrogens is 287 g/mol. The number of amides is 1. The molecule has 1 unspecified atom stereocenters. The van der Waals surface area contributed by atoms with E-state index in [4.69, 9.17) is 15.2 Å². The van der Waals surface area contributed by atoms with Crippen LogP contribution in [0.3, 0.4) is 0 Å². The molecule has 0 aromatic heterocycles. The largest absolute Gasteiger partial charge is 0.489 e. The molecule has 1 aromatic carbocycles. The summed E-state index contributed by atoms with van der Waals surface area (Å²) in [7, 11) is 1.45. The zero-order valence-corrected chi connectivity index (χ0v) is 12.5. The fraction of sp³-hybridized carbons (Fsp3) is 0.462. The molecule has 0 aliphatic carbocycles. The van der Waals surface area contributed by atoms with Crippen molar-refractivity contribution in [1.82, 2.24) is 0 Å². The average molecular weight is 307 g/mol. The number of halogens is 2. The van der Waals surface area contributed by atoms with Gasteiger partial charge in [-0.2, -0.15) is 0 Å². The van der Waals surface area contributed by atoms with Crippen molar-refractivity contribution in [2.45, 2.75) is 26.0 Å². The van der Waals surface area contributed by atoms with Gasteiger partial charge in [0.15, 0.2) is 0 Å². The van der Waals surface area contributed by atoms with Crippen molar-refractivity contribution in [3.63, 3.8) is 0 Å². The van der Waals surface area contributed by atoms with Gasteiger partial charge in [0.25, 0.3) is 0 Å². The molecule has 7 heteroatoms. The molecule has 5 nitrogen and oxygen atoms in total. The number of hydrogen-bond donors (Lipinski definition) is 2. The first-order valence-corrected chi connectivity index (χ1v) is 5.95. The van der Waals surface area contributed by atoms with E-state index in [1.165, 1.54) is 25.3 Å². The van der Waals surface area contributed by atoms with E-state index < -0.39 is 17.8 Å². The minimum absolute atomic E-state index is 0. The summed E-state index contributed by atoms with van der Waals surface area (Å²) >= 11 is 0. The Labute approximate surface area is 124 Å². The van der Waals surface area contributed by atoms with Crippen LogP contribution in [0.4, 0.5) is 10.1 Å². The lowest BCUT2D eigenvalue weighted by Crippen LogP contribution is -2.39. The summed E-state index contributed by atoms with van der Waals surface area (Å²) in [5, 5.41) is 2.53. The Morgan fingerprint density at radius 3 is 2.65 bits per heavy atom. The van der Waals surface area contributed by atoms with E-state index in [2.05, 4.69) is 5.32 Å². The van der Waals surface area contributed by atoms with Crippen molar-refractivity contribution < 1.29 is 18.7 Å². The summed E-state index contributed by atoms with van der Waals surface area (Å²) in [5.41, 5.74) is 5.85. The quantitative estimate of drug-likeness (QED) is 0.842. The standard InChI is InChI=1S/C13H19FN2O3.ClH/c1-8(2)19-12-5-4-9(14)6-11(12)16-13(17)10(15)7-18-3;/h4-6,8,10H,7,15H2,1-3H3,(H,16,17);1H. The number of ether oxygens (including phenoxy) is 2. The van der Waals surface area contributed by atoms with Gasteiger partial charge in [-0.1, -0.05) is 0 Å². The molecule has 0 radical (unpaired) electrons. The highest BCUT2D eigenvalue weighted by molar-refractivity contribution is 5.96. The predicted octanol–water partition coefficient (Wildman–Crippen LogP) is 1.95. The number of carbonyl (C=O) groups excluding carboxylic acids is 1. The molecule has 3 N–H and O–H groups in total. The van der Waals surface area contributed by atoms with E-state index in [0.29, 0.717) is 5.75 Å². The molecule has 0 fully saturated rings. The van der Waals surface area contributed by atoms with E-state index in [1.54, 1.807) is 0 Å². The first-order valence-electron chi connectivity index (χ1n) is 5.95. The number of anilines is 1. The SMILES string of the molecule is COCC(N)C(=O)Nc1cc(F)ccc1OC(C)C.Cl. The average Bonchev–Trinajstić information content (AvgIpc) is 2.32. The van der Waals surface area contributed by atoms with Crippen molar-refractivity contribution in [2.75, 3.05) is 19.0 Å². The molecule has 0 aliphatic heterocycles. The minimum atomic E-state index is -0.819. The summed E-state index contributed by atoms with van der Waals surface area (Å²) in [5.74, 6) is -0.526. The lowest BCUT2D eigenvalue weighted by molar-refractivity contribution is -0.118. The lowest BCUT2D eigenvalue weighted by atomic mass is 10.2. The van der Waals surface area contributed by atoms with Crippen LogP contribution >= 0.6 is 12.4 Å². The first kappa shape index (κ1) is 18.6. The second kappa shape index (κ2) is 8.73. The summed E-state index contributed by atoms with van der Waals surface area (Å²) < 4.78 is 23.5. The third kappa shape index (κ3) is 5.73. The number of nitrogens with one attached hydrogen (secondary N) is 1. The fourth-order valence-corrected chi connectivity index (χ4v) is 1.44. The van der Waals surface area contributed by atoms with Gasteiger partial charge in [-0.3, -0.25) is 4.79 Å². The molecular formula is C13H20ClFN2O3. The van der Waals surface area contributed by atoms with Crippen molar-refractivity contribution in [3.05, 3.63) is 24.0 Å². The molecule has 114 valence electrons. The molecule has 0 spiro atoms. The van der Waals surface area contributed by atoms with Crippen LogP contribution in [-0.4, -0.2) is 31.8 Å². The van der Waals surface area contributed by atoms with Crippen LogP contribution in [0.5, 0.6) is 5.75 Å². The zero-order chi connectivity index (χ0) is 14.4. The van der Waals surface area contributed by atoms with Gasteiger partial charge in [0.1, 0.15) is 17.6 Å². The molecule has 0 aliphatic rings. The van der Waals surface area contributed by atoms with Gasteiger partial charge in [0.2, 0.25) is 5.91 Å². The van der Waals surface area contributed by atoms with Gasteiger partial charge >= 0.3 is 0 Å². The van der Waals surface area contributed by atoms with Crippen LogP contribution in [0.2, 0.25) is 0 Å². The van der Waals surface area contributed by atoms with Crippen molar-refractivity contribution in [1.29, 1.82) is 0 Å². The second-order valence-corrected chi connectivity index (χ2v) is 4.36. The topological polar surface area (TPSA) is 73.6 Å². The van der Waals surface area contributed by atoms with E-state index in [-0.39, 0.29) is 30.8 Å². The van der Waals surface area contributed by atoms with Gasteiger partial charge in [0.05, 0.1) is 18.4 Å². The maximum Gasteiger partial charge on any atom is 0.243 e. The van der Waals surface area contributed by atoms with Crippen LogP contribution < -0.4 is 15.8 Å². The van der Waals surface area contributed by atoms with Gasteiger partial charge in [0, 0.05) is 13.2 Å². The number of hydrogen-bond acceptors (Lipinski definition) is 4. The lowest BCUT2D eigenvalue weighted by Gasteiger charge is -2.16. The Morgan fingerprint density at radius 2 is 2.10 bits per heavy atom. The summed E-state index contributed by atoms with van der Waals surface area (Å²) in [6, 6.07) is 3.10. The highest BCUT2D eigenvalue weighted by Gasteiger charge is 2.16. The number of carbonyl (C=O) groups is 1. The van der Waals surface area contributed by atoms with Crippen molar-refractivity contribution >= 4 is 24.0 Å². The maximum atomic E-state index is 13.2. The number of benzene rings is 1. The minimum Gasteiger partial charge on any atom is -0.489 e. The normalized spacial score (nSPS) is 11.7. The number of rotatable bonds is 6. The Balaban J connectivity index is 0.00000361. The molecule has 0 heterocycles. The zero-order valence-electron chi connectivity index (χ0n) is 11.7. The molecule has 1 atom stereocenters. The smallest absolute Gasteiger partial charge is 0.243 e. The molecule has 1 amide bonds. The van der Waals surface area contributed by atoms with Gasteiger partial charge in [-0.25, -0.2) is 4.39 Å². The van der Waals surface area contributed by atoms with Crippen molar-refractivity contribution in [3.8, 4) is 5.75 Å². The molecule has 1 rings (SSSR count). The third-order valence-corrected chi connectivity index (χ3v) is 2.25. The van der Waals surface area contributed by atoms with Gasteiger partial charge < -0.3 is 20.5 Å². The highest BCUT2D eigenvalue weighted by Crippen LogP contribution is 2.26. The third-order valence-electron chi connectivity index (χ3n) is 2.25. The van der Waals surface area contributed by atoms with Gasteiger partial charge in [-0.05, 0) is 26.0 Å². The Bertz CT molecular complexity index is 444. The van der Waals surface area contributed by atoms with Crippen LogP contribution in [0.25, 0.3) is 0 Å². The molecule has 20 heavy (non-hydrogen) atoms. The van der Waals surface area contributed by atoms with E-state index in [0.717, 1.165) is 0 Å². The van der Waals surface area contributed by atoms with Crippen LogP contribution in [-0.2, 0) is 9.53 Å². The summed E-state index contributed by atoms with van der Waals surface area (Å²) in [6.07, 6.45) is -0.0891. The Hall–Kier alpha value is -1.37. The summed E-state index contributed by atoms with van der Waals surface area (Å²) in [6.45, 7) is 3.76. The van der Waals surface area contributed by atoms with Crippen LogP contribution in [0.15, 0.2) is 18.2 Å². The number of nitrogens with two attached hydrogens (primary N) is 1. The molecule has 0 saturated heterocycles. The second-order valence-electron chi connectivity index (χ2n) is 4.36. The fourth-order valence-electron chi connectivity index (χ4n) is 1.44. The van der Waals surface area contributed by atoms with E-state index in [1.807, 2.05) is 13.8 Å². The Morgan fingerprint density at radius 1 is 1.45 bits per heavy atom. The van der Waals surface area contributed by atoms with Crippen LogP contribution in [0.1, 0.15) is 13.8 Å². The molecule has 0 bridgehead atoms. The monoisotopic (exact) mass is 306 g/mol. The maximum absolute atomic E-state index is 13.2. The van der Waals surface area contributed by atoms with Crippen molar-refractivity contribution in [2.24, 2.45) is 5.73 Å². The first-order chi connectivity index (χ1) is 8.93. The van der Waals surface area contributed by atoms with Gasteiger partial charge in [-0.15, -0.1) is 12.4 Å². The molecule has 1 aromatic rings. The predicted molar refractivity (Wildman–Crippen MR) is 77.9 cm³/mol. The van der Waals surface area contributed by atoms with Crippen LogP contribution in [0, 0.1) is 5.82 Å². The summed E-state index contributed by atoms with van der Waals surface area (Å²) in [4.78, 5) is 11.8. The Kier molecular flexibility index (Phi) is 8.13. The van der Waals surface area contributed by atoms with E-state index >= 15 is 0 Å². The number of methoxy groups -OCH3 is 1. The highest BCUT2D eigenvalue weighted by atomic mass is 35.5. The molecule has 0 saturated carbocycles.